The third-order valence-corrected chi connectivity index (χ3v) is 3.11. The highest BCUT2D eigenvalue weighted by molar-refractivity contribution is 4.88. The second-order valence-corrected chi connectivity index (χ2v) is 4.46. The van der Waals surface area contributed by atoms with Gasteiger partial charge >= 0.3 is 0 Å². The number of hydrogen-bond acceptors (Lipinski definition) is 2. The van der Waals surface area contributed by atoms with Crippen molar-refractivity contribution in [3.8, 4) is 0 Å². The average molecular weight is 158 g/mol. The Morgan fingerprint density at radius 1 is 1.18 bits per heavy atom. The van der Waals surface area contributed by atoms with Gasteiger partial charge in [0.25, 0.3) is 0 Å². The first kappa shape index (κ1) is 9.01. The minimum Gasteiger partial charge on any atom is -0.390 e. The molecule has 0 bridgehead atoms. The number of aliphatic hydroxyl groups excluding tert-OH is 2. The van der Waals surface area contributed by atoms with E-state index in [2.05, 4.69) is 20.8 Å². The lowest BCUT2D eigenvalue weighted by molar-refractivity contribution is -0.0687. The van der Waals surface area contributed by atoms with Gasteiger partial charge in [-0.15, -0.1) is 0 Å². The Balaban J connectivity index is 2.63. The summed E-state index contributed by atoms with van der Waals surface area (Å²) in [6, 6.07) is 0. The molecule has 0 aromatic rings. The van der Waals surface area contributed by atoms with Crippen LogP contribution in [0.5, 0.6) is 0 Å². The fourth-order valence-corrected chi connectivity index (χ4v) is 1.71. The topological polar surface area (TPSA) is 40.5 Å². The fourth-order valence-electron chi connectivity index (χ4n) is 1.71. The monoisotopic (exact) mass is 158 g/mol. The molecule has 0 aromatic heterocycles. The Hall–Kier alpha value is -0.0800. The van der Waals surface area contributed by atoms with Gasteiger partial charge in [-0.1, -0.05) is 20.8 Å². The summed E-state index contributed by atoms with van der Waals surface area (Å²) in [5.41, 5.74) is 0.179. The van der Waals surface area contributed by atoms with Gasteiger partial charge < -0.3 is 10.2 Å². The van der Waals surface area contributed by atoms with E-state index in [1.807, 2.05) is 0 Å². The summed E-state index contributed by atoms with van der Waals surface area (Å²) >= 11 is 0. The van der Waals surface area contributed by atoms with Crippen LogP contribution in [-0.4, -0.2) is 22.4 Å². The number of rotatable bonds is 0. The maximum Gasteiger partial charge on any atom is 0.0804 e. The quantitative estimate of drug-likeness (QED) is 0.555. The second-order valence-electron chi connectivity index (χ2n) is 4.46. The largest absolute Gasteiger partial charge is 0.390 e. The van der Waals surface area contributed by atoms with Crippen LogP contribution in [0.15, 0.2) is 0 Å². The van der Waals surface area contributed by atoms with Crippen molar-refractivity contribution in [3.05, 3.63) is 0 Å². The van der Waals surface area contributed by atoms with Crippen LogP contribution in [0.3, 0.4) is 0 Å². The van der Waals surface area contributed by atoms with Crippen molar-refractivity contribution in [2.75, 3.05) is 0 Å². The molecular weight excluding hydrogens is 140 g/mol. The third kappa shape index (κ3) is 1.74. The van der Waals surface area contributed by atoms with Gasteiger partial charge in [-0.2, -0.15) is 0 Å². The van der Waals surface area contributed by atoms with Crippen LogP contribution in [0.2, 0.25) is 0 Å². The van der Waals surface area contributed by atoms with E-state index < -0.39 is 12.2 Å². The molecule has 3 atom stereocenters. The summed E-state index contributed by atoms with van der Waals surface area (Å²) < 4.78 is 0. The van der Waals surface area contributed by atoms with Gasteiger partial charge in [0.2, 0.25) is 0 Å². The molecule has 0 aromatic carbocycles. The van der Waals surface area contributed by atoms with Gasteiger partial charge in [-0.3, -0.25) is 0 Å². The molecule has 2 heteroatoms. The Morgan fingerprint density at radius 2 is 1.73 bits per heavy atom. The standard InChI is InChI=1S/C9H18O2/c1-6-4-7(10)8(11)5-9(6,2)3/h6-8,10-11H,4-5H2,1-3H3/t6-,7+,8-/m0/s1. The van der Waals surface area contributed by atoms with Crippen molar-refractivity contribution in [2.24, 2.45) is 11.3 Å². The highest BCUT2D eigenvalue weighted by Gasteiger charge is 2.37. The van der Waals surface area contributed by atoms with E-state index in [4.69, 9.17) is 0 Å². The van der Waals surface area contributed by atoms with Crippen molar-refractivity contribution in [2.45, 2.75) is 45.8 Å². The van der Waals surface area contributed by atoms with Gasteiger partial charge in [0, 0.05) is 0 Å². The van der Waals surface area contributed by atoms with Crippen LogP contribution in [0.4, 0.5) is 0 Å². The summed E-state index contributed by atoms with van der Waals surface area (Å²) in [5.74, 6) is 0.501. The molecular formula is C9H18O2. The summed E-state index contributed by atoms with van der Waals surface area (Å²) in [5, 5.41) is 18.7. The van der Waals surface area contributed by atoms with E-state index in [0.717, 1.165) is 12.8 Å². The van der Waals surface area contributed by atoms with Crippen LogP contribution >= 0.6 is 0 Å². The summed E-state index contributed by atoms with van der Waals surface area (Å²) in [6.07, 6.45) is 0.433. The van der Waals surface area contributed by atoms with Crippen molar-refractivity contribution < 1.29 is 10.2 Å². The summed E-state index contributed by atoms with van der Waals surface area (Å²) in [7, 11) is 0. The average Bonchev–Trinajstić information content (AvgIpc) is 1.83. The summed E-state index contributed by atoms with van der Waals surface area (Å²) in [6.45, 7) is 6.43. The van der Waals surface area contributed by atoms with Crippen LogP contribution in [0.1, 0.15) is 33.6 Å². The van der Waals surface area contributed by atoms with Crippen LogP contribution in [-0.2, 0) is 0 Å². The Kier molecular flexibility index (Phi) is 2.26. The van der Waals surface area contributed by atoms with Crippen molar-refractivity contribution >= 4 is 0 Å². The molecule has 0 saturated heterocycles. The third-order valence-electron chi connectivity index (χ3n) is 3.11. The zero-order chi connectivity index (χ0) is 8.65. The molecule has 0 heterocycles. The molecule has 66 valence electrons. The zero-order valence-electron chi connectivity index (χ0n) is 7.54. The minimum atomic E-state index is -0.513. The van der Waals surface area contributed by atoms with Crippen molar-refractivity contribution in [1.82, 2.24) is 0 Å². The SMILES string of the molecule is C[C@H]1C[C@@H](O)[C@@H](O)CC1(C)C. The molecule has 1 aliphatic rings. The van der Waals surface area contributed by atoms with Gasteiger partial charge in [-0.05, 0) is 24.2 Å². The van der Waals surface area contributed by atoms with E-state index in [0.29, 0.717) is 5.92 Å². The molecule has 0 amide bonds. The first-order chi connectivity index (χ1) is 4.93. The molecule has 2 nitrogen and oxygen atoms in total. The van der Waals surface area contributed by atoms with Crippen LogP contribution < -0.4 is 0 Å². The molecule has 0 aliphatic heterocycles. The second kappa shape index (κ2) is 2.76. The molecule has 2 N–H and O–H groups in total. The predicted octanol–water partition coefficient (Wildman–Crippen LogP) is 1.16. The van der Waals surface area contributed by atoms with E-state index in [1.54, 1.807) is 0 Å². The lowest BCUT2D eigenvalue weighted by atomic mass is 9.68. The van der Waals surface area contributed by atoms with Gasteiger partial charge in [0.05, 0.1) is 12.2 Å². The molecule has 1 aliphatic carbocycles. The highest BCUT2D eigenvalue weighted by atomic mass is 16.3. The maximum absolute atomic E-state index is 9.38. The van der Waals surface area contributed by atoms with Gasteiger partial charge in [0.15, 0.2) is 0 Å². The minimum absolute atomic E-state index is 0.179. The lowest BCUT2D eigenvalue weighted by Gasteiger charge is -2.41. The van der Waals surface area contributed by atoms with E-state index >= 15 is 0 Å². The molecule has 11 heavy (non-hydrogen) atoms. The van der Waals surface area contributed by atoms with Crippen molar-refractivity contribution in [1.29, 1.82) is 0 Å². The molecule has 1 fully saturated rings. The lowest BCUT2D eigenvalue weighted by Crippen LogP contribution is -2.42. The van der Waals surface area contributed by atoms with E-state index in [-0.39, 0.29) is 5.41 Å². The first-order valence-corrected chi connectivity index (χ1v) is 4.29. The van der Waals surface area contributed by atoms with Crippen LogP contribution in [0.25, 0.3) is 0 Å². The first-order valence-electron chi connectivity index (χ1n) is 4.29. The molecule has 0 unspecified atom stereocenters. The van der Waals surface area contributed by atoms with Gasteiger partial charge in [-0.25, -0.2) is 0 Å². The van der Waals surface area contributed by atoms with E-state index in [9.17, 15) is 10.2 Å². The Bertz CT molecular complexity index is 142. The number of aliphatic hydroxyl groups is 2. The normalized spacial score (nSPS) is 43.9. The molecule has 0 spiro atoms. The van der Waals surface area contributed by atoms with E-state index in [1.165, 1.54) is 0 Å². The zero-order valence-corrected chi connectivity index (χ0v) is 7.54. The highest BCUT2D eigenvalue weighted by Crippen LogP contribution is 2.40. The number of hydrogen-bond donors (Lipinski definition) is 2. The Morgan fingerprint density at radius 3 is 2.18 bits per heavy atom. The molecule has 0 radical (unpaired) electrons. The van der Waals surface area contributed by atoms with Crippen molar-refractivity contribution in [3.63, 3.8) is 0 Å². The van der Waals surface area contributed by atoms with Crippen LogP contribution in [0, 0.1) is 11.3 Å². The summed E-state index contributed by atoms with van der Waals surface area (Å²) in [4.78, 5) is 0. The Labute approximate surface area is 68.2 Å². The molecule has 1 rings (SSSR count). The predicted molar refractivity (Wildman–Crippen MR) is 44.2 cm³/mol. The van der Waals surface area contributed by atoms with Gasteiger partial charge in [0.1, 0.15) is 0 Å². The smallest absolute Gasteiger partial charge is 0.0804 e. The fraction of sp³-hybridized carbons (Fsp3) is 1.00. The maximum atomic E-state index is 9.38. The molecule has 1 saturated carbocycles.